The molecule has 1 aliphatic carbocycles. The highest BCUT2D eigenvalue weighted by atomic mass is 32.2. The molecule has 1 heterocycles. The van der Waals surface area contributed by atoms with Gasteiger partial charge in [-0.05, 0) is 73.8 Å². The molecule has 150 valence electrons. The van der Waals surface area contributed by atoms with E-state index in [-0.39, 0.29) is 23.2 Å². The summed E-state index contributed by atoms with van der Waals surface area (Å²) >= 11 is 1.79. The molecule has 2 aromatic rings. The molecule has 2 fully saturated rings. The first kappa shape index (κ1) is 19.8. The Labute approximate surface area is 172 Å². The van der Waals surface area contributed by atoms with Crippen LogP contribution in [0.5, 0.6) is 5.75 Å². The summed E-state index contributed by atoms with van der Waals surface area (Å²) in [4.78, 5) is 0. The molecule has 1 saturated carbocycles. The van der Waals surface area contributed by atoms with Gasteiger partial charge in [0.25, 0.3) is 0 Å². The average molecular weight is 399 g/mol. The fourth-order valence-electron chi connectivity index (χ4n) is 4.35. The molecule has 0 bridgehead atoms. The second-order valence-electron chi connectivity index (χ2n) is 8.14. The first-order chi connectivity index (χ1) is 13.7. The van der Waals surface area contributed by atoms with Gasteiger partial charge in [0.15, 0.2) is 0 Å². The third kappa shape index (κ3) is 5.11. The van der Waals surface area contributed by atoms with Gasteiger partial charge in [0.1, 0.15) is 5.75 Å². The highest BCUT2D eigenvalue weighted by Crippen LogP contribution is 2.42. The Bertz CT molecular complexity index is 755. The summed E-state index contributed by atoms with van der Waals surface area (Å²) in [5.74, 6) is 0.979. The quantitative estimate of drug-likeness (QED) is 0.727. The Morgan fingerprint density at radius 3 is 2.50 bits per heavy atom. The normalized spacial score (nSPS) is 25.7. The summed E-state index contributed by atoms with van der Waals surface area (Å²) in [5.41, 5.74) is 3.81. The molecule has 3 nitrogen and oxygen atoms in total. The van der Waals surface area contributed by atoms with Crippen molar-refractivity contribution in [3.05, 3.63) is 65.2 Å². The van der Waals surface area contributed by atoms with E-state index in [2.05, 4.69) is 48.5 Å². The van der Waals surface area contributed by atoms with Gasteiger partial charge in [0.2, 0.25) is 0 Å². The van der Waals surface area contributed by atoms with Gasteiger partial charge in [0.05, 0.1) is 18.8 Å². The van der Waals surface area contributed by atoms with Crippen molar-refractivity contribution in [2.24, 2.45) is 0 Å². The lowest BCUT2D eigenvalue weighted by Gasteiger charge is -2.31. The lowest BCUT2D eigenvalue weighted by atomic mass is 9.98. The highest BCUT2D eigenvalue weighted by molar-refractivity contribution is 8.00. The zero-order chi connectivity index (χ0) is 19.3. The van der Waals surface area contributed by atoms with Gasteiger partial charge in [-0.15, -0.1) is 11.8 Å². The zero-order valence-corrected chi connectivity index (χ0v) is 17.1. The first-order valence-electron chi connectivity index (χ1n) is 10.5. The predicted octanol–water partition coefficient (Wildman–Crippen LogP) is 4.89. The van der Waals surface area contributed by atoms with E-state index in [1.807, 2.05) is 0 Å². The van der Waals surface area contributed by atoms with Crippen molar-refractivity contribution in [2.45, 2.75) is 67.7 Å². The van der Waals surface area contributed by atoms with E-state index in [4.69, 9.17) is 4.74 Å². The van der Waals surface area contributed by atoms with Crippen LogP contribution in [0.25, 0.3) is 0 Å². The standard InChI is InChI=1S/C24H30O3S/c25-16-23-14-20(26)15-24(28-23)19-5-3-4-18(13-19)12-17-8-10-22(11-9-17)27-21-6-1-2-7-21/h3-5,8-11,13,20-21,23-26H,1-2,6-7,12,14-16H2/t20-,23-,24+/m0/s1. The molecule has 4 rings (SSSR count). The number of aliphatic hydroxyl groups excluding tert-OH is 2. The molecular formula is C24H30O3S. The van der Waals surface area contributed by atoms with Crippen LogP contribution >= 0.6 is 11.8 Å². The number of hydrogen-bond acceptors (Lipinski definition) is 4. The fraction of sp³-hybridized carbons (Fsp3) is 0.500. The van der Waals surface area contributed by atoms with E-state index in [1.54, 1.807) is 11.8 Å². The molecule has 3 atom stereocenters. The smallest absolute Gasteiger partial charge is 0.119 e. The Morgan fingerprint density at radius 2 is 1.75 bits per heavy atom. The molecule has 0 radical (unpaired) electrons. The maximum Gasteiger partial charge on any atom is 0.119 e. The van der Waals surface area contributed by atoms with Gasteiger partial charge in [-0.1, -0.05) is 36.4 Å². The van der Waals surface area contributed by atoms with Crippen molar-refractivity contribution in [3.8, 4) is 5.75 Å². The van der Waals surface area contributed by atoms with Crippen LogP contribution in [0.15, 0.2) is 48.5 Å². The third-order valence-corrected chi connectivity index (χ3v) is 7.36. The van der Waals surface area contributed by atoms with Crippen molar-refractivity contribution in [3.63, 3.8) is 0 Å². The molecule has 0 aromatic heterocycles. The molecular weight excluding hydrogens is 368 g/mol. The van der Waals surface area contributed by atoms with Crippen LogP contribution in [-0.4, -0.2) is 34.3 Å². The van der Waals surface area contributed by atoms with Gasteiger partial charge in [-0.25, -0.2) is 0 Å². The summed E-state index contributed by atoms with van der Waals surface area (Å²) in [6, 6.07) is 17.2. The molecule has 2 N–H and O–H groups in total. The van der Waals surface area contributed by atoms with Crippen LogP contribution in [0, 0.1) is 0 Å². The number of ether oxygens (including phenoxy) is 1. The molecule has 0 unspecified atom stereocenters. The van der Waals surface area contributed by atoms with Gasteiger partial charge >= 0.3 is 0 Å². The van der Waals surface area contributed by atoms with E-state index < -0.39 is 0 Å². The number of aliphatic hydroxyl groups is 2. The number of hydrogen-bond donors (Lipinski definition) is 2. The summed E-state index contributed by atoms with van der Waals surface area (Å²) < 4.78 is 6.06. The van der Waals surface area contributed by atoms with Gasteiger partial charge < -0.3 is 14.9 Å². The van der Waals surface area contributed by atoms with Gasteiger partial charge in [0, 0.05) is 10.5 Å². The number of thioether (sulfide) groups is 1. The van der Waals surface area contributed by atoms with Crippen molar-refractivity contribution >= 4 is 11.8 Å². The van der Waals surface area contributed by atoms with Crippen molar-refractivity contribution < 1.29 is 14.9 Å². The minimum Gasteiger partial charge on any atom is -0.490 e. The Balaban J connectivity index is 1.40. The molecule has 28 heavy (non-hydrogen) atoms. The molecule has 2 aliphatic rings. The topological polar surface area (TPSA) is 49.7 Å². The maximum atomic E-state index is 10.1. The van der Waals surface area contributed by atoms with Crippen LogP contribution in [0.1, 0.15) is 60.5 Å². The molecule has 0 spiro atoms. The molecule has 4 heteroatoms. The highest BCUT2D eigenvalue weighted by Gasteiger charge is 2.29. The summed E-state index contributed by atoms with van der Waals surface area (Å²) in [6.45, 7) is 0.132. The van der Waals surface area contributed by atoms with Crippen molar-refractivity contribution in [2.75, 3.05) is 6.61 Å². The summed E-state index contributed by atoms with van der Waals surface area (Å²) in [7, 11) is 0. The van der Waals surface area contributed by atoms with E-state index >= 15 is 0 Å². The monoisotopic (exact) mass is 398 g/mol. The predicted molar refractivity (Wildman–Crippen MR) is 115 cm³/mol. The minimum absolute atomic E-state index is 0.129. The van der Waals surface area contributed by atoms with E-state index in [1.165, 1.54) is 42.4 Å². The molecule has 2 aromatic carbocycles. The molecule has 1 saturated heterocycles. The zero-order valence-electron chi connectivity index (χ0n) is 16.3. The Morgan fingerprint density at radius 1 is 0.964 bits per heavy atom. The molecule has 1 aliphatic heterocycles. The van der Waals surface area contributed by atoms with E-state index in [9.17, 15) is 10.2 Å². The van der Waals surface area contributed by atoms with Crippen LogP contribution in [0.3, 0.4) is 0 Å². The van der Waals surface area contributed by atoms with Gasteiger partial charge in [-0.3, -0.25) is 0 Å². The van der Waals surface area contributed by atoms with Crippen LogP contribution in [-0.2, 0) is 6.42 Å². The van der Waals surface area contributed by atoms with Crippen molar-refractivity contribution in [1.29, 1.82) is 0 Å². The summed E-state index contributed by atoms with van der Waals surface area (Å²) in [6.07, 6.45) is 7.35. The molecule has 0 amide bonds. The number of benzene rings is 2. The second kappa shape index (κ2) is 9.34. The lowest BCUT2D eigenvalue weighted by Crippen LogP contribution is -2.26. The largest absolute Gasteiger partial charge is 0.490 e. The Kier molecular flexibility index (Phi) is 6.61. The van der Waals surface area contributed by atoms with E-state index in [0.29, 0.717) is 12.5 Å². The summed E-state index contributed by atoms with van der Waals surface area (Å²) in [5, 5.41) is 20.0. The lowest BCUT2D eigenvalue weighted by molar-refractivity contribution is 0.137. The van der Waals surface area contributed by atoms with E-state index in [0.717, 1.165) is 18.6 Å². The second-order valence-corrected chi connectivity index (χ2v) is 9.65. The van der Waals surface area contributed by atoms with Crippen LogP contribution in [0.4, 0.5) is 0 Å². The van der Waals surface area contributed by atoms with Crippen LogP contribution in [0.2, 0.25) is 0 Å². The number of rotatable bonds is 6. The van der Waals surface area contributed by atoms with Crippen LogP contribution < -0.4 is 4.74 Å². The Hall–Kier alpha value is -1.49. The average Bonchev–Trinajstić information content (AvgIpc) is 3.22. The first-order valence-corrected chi connectivity index (χ1v) is 11.4. The fourth-order valence-corrected chi connectivity index (χ4v) is 5.87. The third-order valence-electron chi connectivity index (χ3n) is 5.84. The van der Waals surface area contributed by atoms with Gasteiger partial charge in [-0.2, -0.15) is 0 Å². The maximum absolute atomic E-state index is 10.1. The minimum atomic E-state index is -0.320. The van der Waals surface area contributed by atoms with Crippen molar-refractivity contribution in [1.82, 2.24) is 0 Å². The SMILES string of the molecule is OC[C@@H]1C[C@H](O)C[C@H](c2cccc(Cc3ccc(OC4CCCC4)cc3)c2)S1.